The van der Waals surface area contributed by atoms with Crippen molar-refractivity contribution in [3.63, 3.8) is 0 Å². The van der Waals surface area contributed by atoms with Crippen molar-refractivity contribution < 1.29 is 19.2 Å². The van der Waals surface area contributed by atoms with E-state index in [0.717, 1.165) is 25.9 Å². The van der Waals surface area contributed by atoms with Crippen molar-refractivity contribution in [3.05, 3.63) is 33.9 Å². The van der Waals surface area contributed by atoms with Crippen LogP contribution in [0, 0.1) is 16.0 Å². The molecule has 7 nitrogen and oxygen atoms in total. The van der Waals surface area contributed by atoms with Gasteiger partial charge in [-0.25, -0.2) is 0 Å². The molecule has 1 amide bonds. The molecular weight excluding hydrogens is 300 g/mol. The summed E-state index contributed by atoms with van der Waals surface area (Å²) in [4.78, 5) is 25.3. The third-order valence-corrected chi connectivity index (χ3v) is 4.35. The number of benzene rings is 1. The van der Waals surface area contributed by atoms with Crippen LogP contribution < -0.4 is 4.74 Å². The molecule has 1 heterocycles. The van der Waals surface area contributed by atoms with E-state index < -0.39 is 4.92 Å². The van der Waals surface area contributed by atoms with Gasteiger partial charge in [-0.3, -0.25) is 14.9 Å². The lowest BCUT2D eigenvalue weighted by Crippen LogP contribution is -2.37. The van der Waals surface area contributed by atoms with Crippen molar-refractivity contribution in [2.45, 2.75) is 25.3 Å². The van der Waals surface area contributed by atoms with E-state index in [-0.39, 0.29) is 23.4 Å². The highest BCUT2D eigenvalue weighted by molar-refractivity contribution is 5.95. The molecule has 0 aromatic heterocycles. The first kappa shape index (κ1) is 15.7. The van der Waals surface area contributed by atoms with Gasteiger partial charge in [-0.05, 0) is 31.4 Å². The Kier molecular flexibility index (Phi) is 4.47. The Bertz CT molecular complexity index is 608. The van der Waals surface area contributed by atoms with Crippen LogP contribution in [0.15, 0.2) is 18.2 Å². The number of nitro benzene ring substituents is 1. The second-order valence-corrected chi connectivity index (χ2v) is 6.06. The molecule has 1 aliphatic heterocycles. The summed E-state index contributed by atoms with van der Waals surface area (Å²) in [6, 6.07) is 4.63. The van der Waals surface area contributed by atoms with Crippen molar-refractivity contribution >= 4 is 11.6 Å². The van der Waals surface area contributed by atoms with Crippen LogP contribution in [0.3, 0.4) is 0 Å². The number of nitrogens with zero attached hydrogens (tertiary/aromatic N) is 2. The first-order chi connectivity index (χ1) is 11.1. The van der Waals surface area contributed by atoms with Crippen molar-refractivity contribution in [2.75, 3.05) is 26.9 Å². The topological polar surface area (TPSA) is 81.9 Å². The largest absolute Gasteiger partial charge is 0.490 e. The highest BCUT2D eigenvalue weighted by Crippen LogP contribution is 2.32. The maximum Gasteiger partial charge on any atom is 0.311 e. The van der Waals surface area contributed by atoms with Crippen molar-refractivity contribution in [1.82, 2.24) is 4.90 Å². The van der Waals surface area contributed by atoms with Crippen LogP contribution in [0.1, 0.15) is 29.6 Å². The normalized spacial score (nSPS) is 20.3. The summed E-state index contributed by atoms with van der Waals surface area (Å²) in [5.41, 5.74) is 0.154. The van der Waals surface area contributed by atoms with Crippen molar-refractivity contribution in [2.24, 2.45) is 5.92 Å². The van der Waals surface area contributed by atoms with Gasteiger partial charge in [0.05, 0.1) is 18.6 Å². The summed E-state index contributed by atoms with van der Waals surface area (Å²) in [6.45, 7) is 2.08. The number of rotatable bonds is 6. The average molecular weight is 320 g/mol. The number of hydrogen-bond donors (Lipinski definition) is 0. The minimum Gasteiger partial charge on any atom is -0.490 e. The van der Waals surface area contributed by atoms with E-state index >= 15 is 0 Å². The van der Waals surface area contributed by atoms with E-state index in [9.17, 15) is 14.9 Å². The van der Waals surface area contributed by atoms with Crippen LogP contribution in [0.25, 0.3) is 0 Å². The number of ether oxygens (including phenoxy) is 2. The quantitative estimate of drug-likeness (QED) is 0.593. The molecular formula is C16H20N2O5. The summed E-state index contributed by atoms with van der Waals surface area (Å²) in [5.74, 6) is 0.367. The third kappa shape index (κ3) is 3.44. The van der Waals surface area contributed by atoms with Crippen LogP contribution in [0.5, 0.6) is 5.75 Å². The van der Waals surface area contributed by atoms with E-state index in [0.29, 0.717) is 24.6 Å². The molecule has 1 saturated heterocycles. The summed E-state index contributed by atoms with van der Waals surface area (Å²) in [7, 11) is 1.38. The molecule has 1 aromatic rings. The smallest absolute Gasteiger partial charge is 0.311 e. The Morgan fingerprint density at radius 2 is 2.22 bits per heavy atom. The monoisotopic (exact) mass is 320 g/mol. The number of methoxy groups -OCH3 is 1. The second kappa shape index (κ2) is 6.54. The van der Waals surface area contributed by atoms with Gasteiger partial charge in [0.2, 0.25) is 0 Å². The third-order valence-electron chi connectivity index (χ3n) is 4.35. The zero-order valence-corrected chi connectivity index (χ0v) is 13.1. The van der Waals surface area contributed by atoms with Gasteiger partial charge >= 0.3 is 5.69 Å². The van der Waals surface area contributed by atoms with Crippen LogP contribution in [-0.2, 0) is 4.74 Å². The Morgan fingerprint density at radius 1 is 1.43 bits per heavy atom. The fourth-order valence-electron chi connectivity index (χ4n) is 2.92. The Balaban J connectivity index is 1.81. The standard InChI is InChI=1S/C16H20N2O5/c1-22-15-5-2-12(8-14(15)18(20)21)16(19)17(13-3-4-13)9-11-6-7-23-10-11/h2,5,8,11,13H,3-4,6-7,9-10H2,1H3/t11-/m0/s1. The number of nitro groups is 1. The lowest BCUT2D eigenvalue weighted by Gasteiger charge is -2.25. The molecule has 2 aliphatic rings. The maximum atomic E-state index is 12.8. The molecule has 0 radical (unpaired) electrons. The first-order valence-corrected chi connectivity index (χ1v) is 7.81. The van der Waals surface area contributed by atoms with Crippen LogP contribution in [-0.4, -0.2) is 48.6 Å². The van der Waals surface area contributed by atoms with Crippen molar-refractivity contribution in [1.29, 1.82) is 0 Å². The Morgan fingerprint density at radius 3 is 2.78 bits per heavy atom. The minimum absolute atomic E-state index is 0.148. The Labute approximate surface area is 134 Å². The molecule has 1 saturated carbocycles. The molecule has 1 atom stereocenters. The molecule has 0 bridgehead atoms. The average Bonchev–Trinajstić information content (AvgIpc) is 3.27. The van der Waals surface area contributed by atoms with Gasteiger partial charge in [0.25, 0.3) is 5.91 Å². The predicted octanol–water partition coefficient (Wildman–Crippen LogP) is 2.24. The molecule has 0 N–H and O–H groups in total. The summed E-state index contributed by atoms with van der Waals surface area (Å²) in [6.07, 6.45) is 2.95. The van der Waals surface area contributed by atoms with E-state index in [1.807, 2.05) is 4.90 Å². The number of carbonyl (C=O) groups excluding carboxylic acids is 1. The van der Waals surface area contributed by atoms with Gasteiger partial charge in [0.1, 0.15) is 0 Å². The van der Waals surface area contributed by atoms with Gasteiger partial charge in [0, 0.05) is 36.7 Å². The fraction of sp³-hybridized carbons (Fsp3) is 0.562. The summed E-state index contributed by atoms with van der Waals surface area (Å²) < 4.78 is 10.4. The lowest BCUT2D eigenvalue weighted by atomic mass is 10.1. The van der Waals surface area contributed by atoms with Crippen LogP contribution in [0.2, 0.25) is 0 Å². The number of hydrogen-bond acceptors (Lipinski definition) is 5. The first-order valence-electron chi connectivity index (χ1n) is 7.81. The molecule has 2 fully saturated rings. The molecule has 7 heteroatoms. The molecule has 3 rings (SSSR count). The van der Waals surface area contributed by atoms with Gasteiger partial charge in [-0.2, -0.15) is 0 Å². The number of carbonyl (C=O) groups is 1. The van der Waals surface area contributed by atoms with E-state index in [2.05, 4.69) is 0 Å². The molecule has 0 spiro atoms. The summed E-state index contributed by atoms with van der Waals surface area (Å²) >= 11 is 0. The minimum atomic E-state index is -0.526. The molecule has 1 aliphatic carbocycles. The highest BCUT2D eigenvalue weighted by Gasteiger charge is 2.35. The molecule has 23 heavy (non-hydrogen) atoms. The molecule has 0 unspecified atom stereocenters. The maximum absolute atomic E-state index is 12.8. The second-order valence-electron chi connectivity index (χ2n) is 6.06. The van der Waals surface area contributed by atoms with E-state index in [1.165, 1.54) is 19.2 Å². The zero-order chi connectivity index (χ0) is 16.4. The van der Waals surface area contributed by atoms with Crippen molar-refractivity contribution in [3.8, 4) is 5.75 Å². The SMILES string of the molecule is COc1ccc(C(=O)N(C[C@@H]2CCOC2)C2CC2)cc1[N+](=O)[O-]. The van der Waals surface area contributed by atoms with Gasteiger partial charge in [-0.1, -0.05) is 0 Å². The van der Waals surface area contributed by atoms with Crippen LogP contribution in [0.4, 0.5) is 5.69 Å². The zero-order valence-electron chi connectivity index (χ0n) is 13.1. The summed E-state index contributed by atoms with van der Waals surface area (Å²) in [5, 5.41) is 11.1. The van der Waals surface area contributed by atoms with Crippen LogP contribution >= 0.6 is 0 Å². The fourth-order valence-corrected chi connectivity index (χ4v) is 2.92. The highest BCUT2D eigenvalue weighted by atomic mass is 16.6. The number of amides is 1. The molecule has 1 aromatic carbocycles. The van der Waals surface area contributed by atoms with Gasteiger partial charge < -0.3 is 14.4 Å². The van der Waals surface area contributed by atoms with E-state index in [1.54, 1.807) is 6.07 Å². The van der Waals surface area contributed by atoms with Gasteiger partial charge in [-0.15, -0.1) is 0 Å². The Hall–Kier alpha value is -2.15. The van der Waals surface area contributed by atoms with Gasteiger partial charge in [0.15, 0.2) is 5.75 Å². The predicted molar refractivity (Wildman–Crippen MR) is 82.6 cm³/mol. The van der Waals surface area contributed by atoms with E-state index in [4.69, 9.17) is 9.47 Å². The molecule has 124 valence electrons. The lowest BCUT2D eigenvalue weighted by molar-refractivity contribution is -0.385.